The van der Waals surface area contributed by atoms with Crippen LogP contribution in [0.3, 0.4) is 0 Å². The number of benzene rings is 1. The summed E-state index contributed by atoms with van der Waals surface area (Å²) in [4.78, 5) is 4.99. The number of halogens is 1. The van der Waals surface area contributed by atoms with Crippen LogP contribution in [0.25, 0.3) is 10.6 Å². The van der Waals surface area contributed by atoms with Crippen molar-refractivity contribution in [3.8, 4) is 10.6 Å². The maximum absolute atomic E-state index is 13.4. The lowest BCUT2D eigenvalue weighted by atomic mass is 10.2. The van der Waals surface area contributed by atoms with E-state index in [-0.39, 0.29) is 5.82 Å². The molecule has 0 fully saturated rings. The normalized spacial score (nSPS) is 10.5. The highest BCUT2D eigenvalue weighted by molar-refractivity contribution is 7.79. The third kappa shape index (κ3) is 1.98. The highest BCUT2D eigenvalue weighted by Crippen LogP contribution is 2.31. The Morgan fingerprint density at radius 2 is 2.13 bits per heavy atom. The van der Waals surface area contributed by atoms with E-state index in [9.17, 15) is 4.39 Å². The molecule has 2 aromatic rings. The Bertz CT molecular complexity index is 482. The van der Waals surface area contributed by atoms with Crippen LogP contribution in [0.5, 0.6) is 0 Å². The van der Waals surface area contributed by atoms with Crippen LogP contribution in [0.4, 0.5) is 10.2 Å². The van der Waals surface area contributed by atoms with Crippen LogP contribution in [-0.4, -0.2) is 4.98 Å². The van der Waals surface area contributed by atoms with Crippen LogP contribution < -0.4 is 5.73 Å². The first kappa shape index (κ1) is 10.4. The molecule has 5 heteroatoms. The number of aromatic nitrogens is 1. The van der Waals surface area contributed by atoms with Gasteiger partial charge in [0.15, 0.2) is 0 Å². The van der Waals surface area contributed by atoms with Gasteiger partial charge in [-0.15, -0.1) is 11.3 Å². The summed E-state index contributed by atoms with van der Waals surface area (Å²) in [5.74, 6) is 0.683. The van der Waals surface area contributed by atoms with Gasteiger partial charge < -0.3 is 5.73 Å². The summed E-state index contributed by atoms with van der Waals surface area (Å²) < 4.78 is 13.4. The fraction of sp³-hybridized carbons (Fsp3) is 0.100. The SMILES string of the molecule is Nc1nc(-c2ccccc2F)sc1CS. The quantitative estimate of drug-likeness (QED) is 0.792. The average Bonchev–Trinajstić information content (AvgIpc) is 2.60. The van der Waals surface area contributed by atoms with Gasteiger partial charge in [0.05, 0.1) is 4.88 Å². The van der Waals surface area contributed by atoms with Gasteiger partial charge in [0.25, 0.3) is 0 Å². The molecule has 2 N–H and O–H groups in total. The molecule has 2 nitrogen and oxygen atoms in total. The minimum atomic E-state index is -0.281. The molecule has 0 radical (unpaired) electrons. The number of rotatable bonds is 2. The molecule has 1 aromatic heterocycles. The second-order valence-corrected chi connectivity index (χ2v) is 4.37. The second-order valence-electron chi connectivity index (χ2n) is 2.97. The van der Waals surface area contributed by atoms with Gasteiger partial charge in [0, 0.05) is 11.3 Å². The van der Waals surface area contributed by atoms with E-state index >= 15 is 0 Å². The minimum absolute atomic E-state index is 0.281. The van der Waals surface area contributed by atoms with E-state index in [4.69, 9.17) is 5.73 Å². The monoisotopic (exact) mass is 240 g/mol. The summed E-state index contributed by atoms with van der Waals surface area (Å²) in [5, 5.41) is 0.606. The fourth-order valence-corrected chi connectivity index (χ4v) is 2.45. The molecule has 0 atom stereocenters. The van der Waals surface area contributed by atoms with Gasteiger partial charge in [0.1, 0.15) is 16.6 Å². The van der Waals surface area contributed by atoms with Crippen molar-refractivity contribution in [2.75, 3.05) is 5.73 Å². The molecule has 15 heavy (non-hydrogen) atoms. The van der Waals surface area contributed by atoms with E-state index in [0.717, 1.165) is 4.88 Å². The number of anilines is 1. The van der Waals surface area contributed by atoms with E-state index < -0.39 is 0 Å². The van der Waals surface area contributed by atoms with Crippen LogP contribution in [0.2, 0.25) is 0 Å². The largest absolute Gasteiger partial charge is 0.383 e. The van der Waals surface area contributed by atoms with Crippen molar-refractivity contribution in [1.82, 2.24) is 4.98 Å². The molecule has 1 heterocycles. The average molecular weight is 240 g/mol. The van der Waals surface area contributed by atoms with Gasteiger partial charge in [-0.25, -0.2) is 9.37 Å². The van der Waals surface area contributed by atoms with E-state index in [1.165, 1.54) is 17.4 Å². The van der Waals surface area contributed by atoms with Crippen molar-refractivity contribution in [2.24, 2.45) is 0 Å². The summed E-state index contributed by atoms with van der Waals surface area (Å²) in [6, 6.07) is 6.52. The van der Waals surface area contributed by atoms with E-state index in [1.807, 2.05) is 0 Å². The zero-order valence-electron chi connectivity index (χ0n) is 7.77. The Labute approximate surface area is 96.4 Å². The van der Waals surface area contributed by atoms with Crippen LogP contribution in [0.1, 0.15) is 4.88 Å². The zero-order valence-corrected chi connectivity index (χ0v) is 9.49. The van der Waals surface area contributed by atoms with Crippen molar-refractivity contribution in [2.45, 2.75) is 5.75 Å². The molecule has 0 aliphatic carbocycles. The van der Waals surface area contributed by atoms with Gasteiger partial charge >= 0.3 is 0 Å². The lowest BCUT2D eigenvalue weighted by Crippen LogP contribution is -1.88. The summed E-state index contributed by atoms with van der Waals surface area (Å²) in [6.07, 6.45) is 0. The number of nitrogen functional groups attached to an aromatic ring is 1. The fourth-order valence-electron chi connectivity index (χ4n) is 1.23. The van der Waals surface area contributed by atoms with E-state index in [1.54, 1.807) is 18.2 Å². The second kappa shape index (κ2) is 4.20. The topological polar surface area (TPSA) is 38.9 Å². The molecule has 78 valence electrons. The molecule has 0 saturated carbocycles. The minimum Gasteiger partial charge on any atom is -0.383 e. The highest BCUT2D eigenvalue weighted by atomic mass is 32.1. The van der Waals surface area contributed by atoms with Crippen LogP contribution in [0, 0.1) is 5.82 Å². The third-order valence-electron chi connectivity index (χ3n) is 1.98. The molecular formula is C10H9FN2S2. The molecule has 1 aromatic carbocycles. The lowest BCUT2D eigenvalue weighted by Gasteiger charge is -1.96. The van der Waals surface area contributed by atoms with E-state index in [0.29, 0.717) is 22.1 Å². The van der Waals surface area contributed by atoms with Crippen LogP contribution >= 0.6 is 24.0 Å². The highest BCUT2D eigenvalue weighted by Gasteiger charge is 2.11. The van der Waals surface area contributed by atoms with Gasteiger partial charge in [-0.2, -0.15) is 12.6 Å². The molecule has 0 saturated heterocycles. The predicted molar refractivity (Wildman–Crippen MR) is 64.6 cm³/mol. The number of nitrogens with zero attached hydrogens (tertiary/aromatic N) is 1. The summed E-state index contributed by atoms with van der Waals surface area (Å²) in [5.41, 5.74) is 6.16. The predicted octanol–water partition coefficient (Wildman–Crippen LogP) is 2.96. The summed E-state index contributed by atoms with van der Waals surface area (Å²) in [6.45, 7) is 0. The number of hydrogen-bond acceptors (Lipinski definition) is 4. The smallest absolute Gasteiger partial charge is 0.139 e. The van der Waals surface area contributed by atoms with Crippen molar-refractivity contribution in [1.29, 1.82) is 0 Å². The number of thiol groups is 1. The number of hydrogen-bond donors (Lipinski definition) is 2. The zero-order chi connectivity index (χ0) is 10.8. The Kier molecular flexibility index (Phi) is 2.93. The standard InChI is InChI=1S/C10H9FN2S2/c11-7-4-2-1-3-6(7)10-13-9(12)8(5-14)15-10/h1-4,14H,5,12H2. The molecule has 0 amide bonds. The molecular weight excluding hydrogens is 231 g/mol. The van der Waals surface area contributed by atoms with Crippen molar-refractivity contribution < 1.29 is 4.39 Å². The van der Waals surface area contributed by atoms with E-state index in [2.05, 4.69) is 17.6 Å². The van der Waals surface area contributed by atoms with Crippen LogP contribution in [-0.2, 0) is 5.75 Å². The first-order valence-corrected chi connectivity index (χ1v) is 5.78. The summed E-state index contributed by atoms with van der Waals surface area (Å²) in [7, 11) is 0. The molecule has 2 rings (SSSR count). The van der Waals surface area contributed by atoms with Gasteiger partial charge in [-0.3, -0.25) is 0 Å². The van der Waals surface area contributed by atoms with Gasteiger partial charge in [-0.05, 0) is 12.1 Å². The Balaban J connectivity index is 2.50. The first-order valence-electron chi connectivity index (χ1n) is 4.33. The van der Waals surface area contributed by atoms with Crippen LogP contribution in [0.15, 0.2) is 24.3 Å². The first-order chi connectivity index (χ1) is 7.22. The van der Waals surface area contributed by atoms with Gasteiger partial charge in [-0.1, -0.05) is 12.1 Å². The molecule has 0 aliphatic heterocycles. The molecule has 0 aliphatic rings. The summed E-state index contributed by atoms with van der Waals surface area (Å²) >= 11 is 5.50. The maximum atomic E-state index is 13.4. The lowest BCUT2D eigenvalue weighted by molar-refractivity contribution is 0.631. The van der Waals surface area contributed by atoms with Crippen molar-refractivity contribution in [3.05, 3.63) is 35.0 Å². The molecule has 0 unspecified atom stereocenters. The number of nitrogens with two attached hydrogens (primary N) is 1. The Morgan fingerprint density at radius 3 is 2.73 bits per heavy atom. The van der Waals surface area contributed by atoms with Crippen molar-refractivity contribution in [3.63, 3.8) is 0 Å². The molecule has 0 spiro atoms. The Morgan fingerprint density at radius 1 is 1.40 bits per heavy atom. The van der Waals surface area contributed by atoms with Crippen molar-refractivity contribution >= 4 is 29.8 Å². The third-order valence-corrected chi connectivity index (χ3v) is 3.61. The van der Waals surface area contributed by atoms with Gasteiger partial charge in [0.2, 0.25) is 0 Å². The number of thiazole rings is 1. The maximum Gasteiger partial charge on any atom is 0.139 e. The Hall–Kier alpha value is -1.07. The molecule has 0 bridgehead atoms.